The first-order valence-electron chi connectivity index (χ1n) is 7.84. The third kappa shape index (κ3) is 4.81. The highest BCUT2D eigenvalue weighted by Gasteiger charge is 2.13. The zero-order valence-electron chi connectivity index (χ0n) is 14.6. The normalized spacial score (nSPS) is 10.5. The van der Waals surface area contributed by atoms with Gasteiger partial charge in [-0.25, -0.2) is 0 Å². The summed E-state index contributed by atoms with van der Waals surface area (Å²) in [4.78, 5) is 12.2. The zero-order valence-corrected chi connectivity index (χ0v) is 17.0. The largest absolute Gasteiger partial charge is 0.493 e. The van der Waals surface area contributed by atoms with Gasteiger partial charge < -0.3 is 19.2 Å². The topological polar surface area (TPSA) is 86.5 Å². The SMILES string of the molecule is COc1ccc(NC(=O)CSc2nnc(-c3ccccc3Br)o2)cc1OC. The van der Waals surface area contributed by atoms with E-state index in [1.54, 1.807) is 25.3 Å². The Morgan fingerprint density at radius 1 is 1.15 bits per heavy atom. The van der Waals surface area contributed by atoms with E-state index in [1.807, 2.05) is 24.3 Å². The van der Waals surface area contributed by atoms with Crippen molar-refractivity contribution in [1.82, 2.24) is 10.2 Å². The van der Waals surface area contributed by atoms with Crippen LogP contribution in [0.2, 0.25) is 0 Å². The molecule has 0 radical (unpaired) electrons. The van der Waals surface area contributed by atoms with E-state index in [0.29, 0.717) is 28.3 Å². The lowest BCUT2D eigenvalue weighted by Crippen LogP contribution is -2.14. The Bertz CT molecular complexity index is 948. The predicted octanol–water partition coefficient (Wildman–Crippen LogP) is 4.25. The first-order chi connectivity index (χ1) is 13.1. The Morgan fingerprint density at radius 3 is 2.67 bits per heavy atom. The molecule has 2 aromatic carbocycles. The second kappa shape index (κ2) is 8.92. The molecule has 0 atom stereocenters. The summed E-state index contributed by atoms with van der Waals surface area (Å²) in [6.45, 7) is 0. The molecule has 27 heavy (non-hydrogen) atoms. The van der Waals surface area contributed by atoms with Crippen LogP contribution in [-0.2, 0) is 4.79 Å². The smallest absolute Gasteiger partial charge is 0.277 e. The summed E-state index contributed by atoms with van der Waals surface area (Å²) in [5.41, 5.74) is 1.41. The van der Waals surface area contributed by atoms with Gasteiger partial charge in [-0.15, -0.1) is 10.2 Å². The molecule has 7 nitrogen and oxygen atoms in total. The minimum atomic E-state index is -0.201. The minimum absolute atomic E-state index is 0.131. The van der Waals surface area contributed by atoms with E-state index in [0.717, 1.165) is 21.8 Å². The van der Waals surface area contributed by atoms with Crippen LogP contribution in [0.3, 0.4) is 0 Å². The average molecular weight is 450 g/mol. The lowest BCUT2D eigenvalue weighted by atomic mass is 10.2. The second-order valence-corrected chi connectivity index (χ2v) is 7.04. The van der Waals surface area contributed by atoms with E-state index in [2.05, 4.69) is 31.4 Å². The number of ether oxygens (including phenoxy) is 2. The summed E-state index contributed by atoms with van der Waals surface area (Å²) < 4.78 is 16.9. The molecule has 0 unspecified atom stereocenters. The van der Waals surface area contributed by atoms with Gasteiger partial charge in [0, 0.05) is 16.2 Å². The van der Waals surface area contributed by atoms with Crippen LogP contribution in [0.1, 0.15) is 0 Å². The summed E-state index contributed by atoms with van der Waals surface area (Å²) in [6, 6.07) is 12.7. The highest BCUT2D eigenvalue weighted by molar-refractivity contribution is 9.10. The summed E-state index contributed by atoms with van der Waals surface area (Å²) >= 11 is 4.61. The van der Waals surface area contributed by atoms with Crippen LogP contribution in [0.5, 0.6) is 11.5 Å². The van der Waals surface area contributed by atoms with Gasteiger partial charge in [-0.1, -0.05) is 23.9 Å². The van der Waals surface area contributed by atoms with Crippen molar-refractivity contribution in [2.45, 2.75) is 5.22 Å². The maximum Gasteiger partial charge on any atom is 0.277 e. The van der Waals surface area contributed by atoms with Gasteiger partial charge in [0.15, 0.2) is 11.5 Å². The molecule has 1 heterocycles. The van der Waals surface area contributed by atoms with Crippen molar-refractivity contribution in [3.63, 3.8) is 0 Å². The van der Waals surface area contributed by atoms with Gasteiger partial charge in [-0.2, -0.15) is 0 Å². The van der Waals surface area contributed by atoms with Crippen molar-refractivity contribution in [3.8, 4) is 23.0 Å². The maximum absolute atomic E-state index is 12.2. The molecule has 0 bridgehead atoms. The van der Waals surface area contributed by atoms with Gasteiger partial charge in [0.2, 0.25) is 11.8 Å². The number of hydrogen-bond acceptors (Lipinski definition) is 7. The Hall–Kier alpha value is -2.52. The van der Waals surface area contributed by atoms with Crippen molar-refractivity contribution in [1.29, 1.82) is 0 Å². The van der Waals surface area contributed by atoms with Gasteiger partial charge in [0.1, 0.15) is 0 Å². The number of anilines is 1. The van der Waals surface area contributed by atoms with Crippen molar-refractivity contribution in [2.75, 3.05) is 25.3 Å². The molecule has 0 aliphatic carbocycles. The number of nitrogens with zero attached hydrogens (tertiary/aromatic N) is 2. The van der Waals surface area contributed by atoms with Crippen LogP contribution in [0.4, 0.5) is 5.69 Å². The molecular formula is C18H16BrN3O4S. The standard InChI is InChI=1S/C18H16BrN3O4S/c1-24-14-8-7-11(9-15(14)25-2)20-16(23)10-27-18-22-21-17(26-18)12-5-3-4-6-13(12)19/h3-9H,10H2,1-2H3,(H,20,23). The number of thioether (sulfide) groups is 1. The van der Waals surface area contributed by atoms with Crippen molar-refractivity contribution >= 4 is 39.3 Å². The average Bonchev–Trinajstić information content (AvgIpc) is 3.15. The van der Waals surface area contributed by atoms with E-state index >= 15 is 0 Å². The number of hydrogen-bond donors (Lipinski definition) is 1. The van der Waals surface area contributed by atoms with Crippen molar-refractivity contribution < 1.29 is 18.7 Å². The highest BCUT2D eigenvalue weighted by atomic mass is 79.9. The molecule has 1 amide bonds. The molecule has 3 rings (SSSR count). The number of benzene rings is 2. The fourth-order valence-electron chi connectivity index (χ4n) is 2.25. The van der Waals surface area contributed by atoms with Gasteiger partial charge in [-0.3, -0.25) is 4.79 Å². The summed E-state index contributed by atoms with van der Waals surface area (Å²) in [5, 5.41) is 11.1. The molecule has 1 N–H and O–H groups in total. The van der Waals surface area contributed by atoms with Crippen molar-refractivity contribution in [3.05, 3.63) is 46.9 Å². The molecule has 0 aliphatic heterocycles. The van der Waals surface area contributed by atoms with Crippen molar-refractivity contribution in [2.24, 2.45) is 0 Å². The first-order valence-corrected chi connectivity index (χ1v) is 9.61. The van der Waals surface area contributed by atoms with Crippen LogP contribution in [0.25, 0.3) is 11.5 Å². The molecule has 1 aromatic heterocycles. The third-order valence-electron chi connectivity index (χ3n) is 3.50. The van der Waals surface area contributed by atoms with Crippen LogP contribution in [-0.4, -0.2) is 36.1 Å². The summed E-state index contributed by atoms with van der Waals surface area (Å²) in [5.74, 6) is 1.46. The van der Waals surface area contributed by atoms with Crippen LogP contribution < -0.4 is 14.8 Å². The molecular weight excluding hydrogens is 434 g/mol. The number of amides is 1. The predicted molar refractivity (Wildman–Crippen MR) is 106 cm³/mol. The quantitative estimate of drug-likeness (QED) is 0.539. The Morgan fingerprint density at radius 2 is 1.93 bits per heavy atom. The molecule has 0 spiro atoms. The van der Waals surface area contributed by atoms with Crippen LogP contribution in [0.15, 0.2) is 56.6 Å². The number of carbonyl (C=O) groups is 1. The highest BCUT2D eigenvalue weighted by Crippen LogP contribution is 2.31. The molecule has 9 heteroatoms. The lowest BCUT2D eigenvalue weighted by molar-refractivity contribution is -0.113. The molecule has 0 saturated heterocycles. The first kappa shape index (κ1) is 19.2. The number of methoxy groups -OCH3 is 2. The fourth-order valence-corrected chi connectivity index (χ4v) is 3.27. The van der Waals surface area contributed by atoms with Gasteiger partial charge in [0.25, 0.3) is 5.22 Å². The molecule has 0 aliphatic rings. The summed E-state index contributed by atoms with van der Waals surface area (Å²) in [7, 11) is 3.09. The zero-order chi connectivity index (χ0) is 19.2. The van der Waals surface area contributed by atoms with Gasteiger partial charge in [-0.05, 0) is 40.2 Å². The van der Waals surface area contributed by atoms with E-state index in [1.165, 1.54) is 7.11 Å². The number of halogens is 1. The summed E-state index contributed by atoms with van der Waals surface area (Å²) in [6.07, 6.45) is 0. The Balaban J connectivity index is 1.59. The molecule has 0 saturated carbocycles. The molecule has 140 valence electrons. The number of aromatic nitrogens is 2. The van der Waals surface area contributed by atoms with Crippen LogP contribution in [0, 0.1) is 0 Å². The van der Waals surface area contributed by atoms with Gasteiger partial charge in [0.05, 0.1) is 25.5 Å². The number of carbonyl (C=O) groups excluding carboxylic acids is 1. The van der Waals surface area contributed by atoms with E-state index in [4.69, 9.17) is 13.9 Å². The van der Waals surface area contributed by atoms with E-state index in [-0.39, 0.29) is 11.7 Å². The minimum Gasteiger partial charge on any atom is -0.493 e. The Kier molecular flexibility index (Phi) is 6.36. The molecule has 3 aromatic rings. The lowest BCUT2D eigenvalue weighted by Gasteiger charge is -2.10. The second-order valence-electron chi connectivity index (χ2n) is 5.26. The monoisotopic (exact) mass is 449 g/mol. The van der Waals surface area contributed by atoms with E-state index in [9.17, 15) is 4.79 Å². The maximum atomic E-state index is 12.2. The molecule has 0 fully saturated rings. The number of rotatable bonds is 7. The van der Waals surface area contributed by atoms with Gasteiger partial charge >= 0.3 is 0 Å². The van der Waals surface area contributed by atoms with E-state index < -0.39 is 0 Å². The number of nitrogens with one attached hydrogen (secondary N) is 1. The van der Waals surface area contributed by atoms with Crippen LogP contribution >= 0.6 is 27.7 Å². The third-order valence-corrected chi connectivity index (χ3v) is 5.01. The Labute approximate surface area is 168 Å². The fraction of sp³-hybridized carbons (Fsp3) is 0.167.